The van der Waals surface area contributed by atoms with Crippen molar-refractivity contribution in [2.45, 2.75) is 32.2 Å². The van der Waals surface area contributed by atoms with E-state index in [4.69, 9.17) is 0 Å². The minimum atomic E-state index is 0.617. The van der Waals surface area contributed by atoms with E-state index in [1.165, 1.54) is 25.8 Å². The number of hydrogen-bond acceptors (Lipinski definition) is 6. The summed E-state index contributed by atoms with van der Waals surface area (Å²) in [6, 6.07) is 6.46. The number of likely N-dealkylation sites (N-methyl/N-ethyl adjacent to an activating group) is 1. The van der Waals surface area contributed by atoms with Crippen molar-refractivity contribution in [1.82, 2.24) is 20.1 Å². The van der Waals surface area contributed by atoms with Gasteiger partial charge in [-0.3, -0.25) is 9.88 Å². The van der Waals surface area contributed by atoms with Crippen LogP contribution in [0.4, 0.5) is 5.13 Å². The Bertz CT molecular complexity index is 556. The Kier molecular flexibility index (Phi) is 4.77. The summed E-state index contributed by atoms with van der Waals surface area (Å²) in [7, 11) is 0. The minimum Gasteiger partial charge on any atom is -0.358 e. The van der Waals surface area contributed by atoms with Gasteiger partial charge in [0.15, 0.2) is 5.01 Å². The van der Waals surface area contributed by atoms with Crippen LogP contribution in [0.1, 0.15) is 26.2 Å². The third-order valence-corrected chi connectivity index (χ3v) is 4.86. The first kappa shape index (κ1) is 14.4. The van der Waals surface area contributed by atoms with Crippen LogP contribution >= 0.6 is 11.3 Å². The molecule has 0 aliphatic carbocycles. The molecule has 0 spiro atoms. The van der Waals surface area contributed by atoms with Gasteiger partial charge in [-0.1, -0.05) is 30.7 Å². The molecule has 0 radical (unpaired) electrons. The van der Waals surface area contributed by atoms with Gasteiger partial charge >= 0.3 is 0 Å². The van der Waals surface area contributed by atoms with E-state index < -0.39 is 0 Å². The summed E-state index contributed by atoms with van der Waals surface area (Å²) in [4.78, 5) is 6.86. The van der Waals surface area contributed by atoms with E-state index >= 15 is 0 Å². The number of aromatic nitrogens is 3. The molecule has 1 unspecified atom stereocenters. The van der Waals surface area contributed by atoms with Crippen LogP contribution in [-0.4, -0.2) is 45.8 Å². The number of hydrogen-bond donors (Lipinski definition) is 1. The Hall–Kier alpha value is -1.53. The summed E-state index contributed by atoms with van der Waals surface area (Å²) in [6.07, 6.45) is 5.71. The minimum absolute atomic E-state index is 0.617. The third-order valence-electron chi connectivity index (χ3n) is 3.95. The van der Waals surface area contributed by atoms with Crippen LogP contribution in [0.5, 0.6) is 0 Å². The van der Waals surface area contributed by atoms with E-state index in [2.05, 4.69) is 32.3 Å². The lowest BCUT2D eigenvalue weighted by molar-refractivity contribution is 0.164. The molecule has 0 bridgehead atoms. The third kappa shape index (κ3) is 3.57. The first-order valence-corrected chi connectivity index (χ1v) is 8.41. The zero-order valence-corrected chi connectivity index (χ0v) is 13.1. The second kappa shape index (κ2) is 6.95. The fourth-order valence-electron chi connectivity index (χ4n) is 2.80. The standard InChI is InChI=1S/C15H21N5S/c1-2-20-10-6-4-7-12(20)11-17-15-19-18-14(21-15)13-8-3-5-9-16-13/h3,5,8-9,12H,2,4,6-7,10-11H2,1H3,(H,17,19). The molecule has 112 valence electrons. The van der Waals surface area contributed by atoms with Crippen LogP contribution in [0.2, 0.25) is 0 Å². The van der Waals surface area contributed by atoms with Crippen molar-refractivity contribution in [3.05, 3.63) is 24.4 Å². The van der Waals surface area contributed by atoms with Gasteiger partial charge in [0.05, 0.1) is 0 Å². The molecule has 1 aliphatic rings. The van der Waals surface area contributed by atoms with Crippen LogP contribution in [0.15, 0.2) is 24.4 Å². The molecule has 1 atom stereocenters. The molecule has 1 N–H and O–H groups in total. The normalized spacial score (nSPS) is 19.6. The van der Waals surface area contributed by atoms with E-state index in [1.807, 2.05) is 18.2 Å². The van der Waals surface area contributed by atoms with Gasteiger partial charge in [-0.2, -0.15) is 0 Å². The van der Waals surface area contributed by atoms with E-state index in [0.717, 1.165) is 28.9 Å². The predicted octanol–water partition coefficient (Wildman–Crippen LogP) is 2.89. The largest absolute Gasteiger partial charge is 0.358 e. The first-order chi connectivity index (χ1) is 10.4. The Morgan fingerprint density at radius 3 is 3.10 bits per heavy atom. The van der Waals surface area contributed by atoms with Crippen LogP contribution in [0.3, 0.4) is 0 Å². The second-order valence-electron chi connectivity index (χ2n) is 5.29. The molecule has 1 saturated heterocycles. The maximum atomic E-state index is 4.31. The van der Waals surface area contributed by atoms with Crippen molar-refractivity contribution >= 4 is 16.5 Å². The summed E-state index contributed by atoms with van der Waals surface area (Å²) in [5.41, 5.74) is 0.885. The number of rotatable bonds is 5. The second-order valence-corrected chi connectivity index (χ2v) is 6.26. The lowest BCUT2D eigenvalue weighted by Crippen LogP contribution is -2.43. The van der Waals surface area contributed by atoms with E-state index in [0.29, 0.717) is 6.04 Å². The van der Waals surface area contributed by atoms with Crippen LogP contribution < -0.4 is 5.32 Å². The molecule has 2 aromatic rings. The number of nitrogens with one attached hydrogen (secondary N) is 1. The molecule has 0 saturated carbocycles. The average Bonchev–Trinajstić information content (AvgIpc) is 3.03. The lowest BCUT2D eigenvalue weighted by Gasteiger charge is -2.34. The van der Waals surface area contributed by atoms with Crippen LogP contribution in [0, 0.1) is 0 Å². The van der Waals surface area contributed by atoms with Gasteiger partial charge in [0, 0.05) is 18.8 Å². The molecule has 1 fully saturated rings. The molecular weight excluding hydrogens is 282 g/mol. The number of piperidine rings is 1. The topological polar surface area (TPSA) is 53.9 Å². The van der Waals surface area contributed by atoms with Gasteiger partial charge in [-0.05, 0) is 38.1 Å². The highest BCUT2D eigenvalue weighted by Gasteiger charge is 2.21. The highest BCUT2D eigenvalue weighted by atomic mass is 32.1. The molecule has 5 nitrogen and oxygen atoms in total. The van der Waals surface area contributed by atoms with Crippen molar-refractivity contribution in [3.63, 3.8) is 0 Å². The van der Waals surface area contributed by atoms with Gasteiger partial charge < -0.3 is 5.32 Å². The molecule has 2 aromatic heterocycles. The number of nitrogens with zero attached hydrogens (tertiary/aromatic N) is 4. The highest BCUT2D eigenvalue weighted by molar-refractivity contribution is 7.18. The zero-order chi connectivity index (χ0) is 14.5. The van der Waals surface area contributed by atoms with Crippen molar-refractivity contribution in [3.8, 4) is 10.7 Å². The number of pyridine rings is 1. The average molecular weight is 303 g/mol. The molecule has 3 heterocycles. The maximum Gasteiger partial charge on any atom is 0.206 e. The van der Waals surface area contributed by atoms with E-state index in [9.17, 15) is 0 Å². The summed E-state index contributed by atoms with van der Waals surface area (Å²) < 4.78 is 0. The fraction of sp³-hybridized carbons (Fsp3) is 0.533. The number of anilines is 1. The summed E-state index contributed by atoms with van der Waals surface area (Å²) in [5, 5.41) is 13.6. The molecule has 1 aliphatic heterocycles. The number of likely N-dealkylation sites (tertiary alicyclic amines) is 1. The Morgan fingerprint density at radius 1 is 1.33 bits per heavy atom. The Morgan fingerprint density at radius 2 is 2.29 bits per heavy atom. The molecule has 21 heavy (non-hydrogen) atoms. The maximum absolute atomic E-state index is 4.31. The monoisotopic (exact) mass is 303 g/mol. The van der Waals surface area contributed by atoms with Gasteiger partial charge in [0.2, 0.25) is 5.13 Å². The molecule has 3 rings (SSSR count). The summed E-state index contributed by atoms with van der Waals surface area (Å²) >= 11 is 1.57. The predicted molar refractivity (Wildman–Crippen MR) is 86.5 cm³/mol. The van der Waals surface area contributed by atoms with Gasteiger partial charge in [-0.25, -0.2) is 0 Å². The van der Waals surface area contributed by atoms with Gasteiger partial charge in [0.1, 0.15) is 5.69 Å². The van der Waals surface area contributed by atoms with Gasteiger partial charge in [-0.15, -0.1) is 10.2 Å². The molecule has 0 amide bonds. The zero-order valence-electron chi connectivity index (χ0n) is 12.3. The molecule has 6 heteroatoms. The summed E-state index contributed by atoms with van der Waals surface area (Å²) in [5.74, 6) is 0. The quantitative estimate of drug-likeness (QED) is 0.920. The van der Waals surface area contributed by atoms with Crippen LogP contribution in [0.25, 0.3) is 10.7 Å². The SMILES string of the molecule is CCN1CCCCC1CNc1nnc(-c2ccccn2)s1. The van der Waals surface area contributed by atoms with E-state index in [-0.39, 0.29) is 0 Å². The highest BCUT2D eigenvalue weighted by Crippen LogP contribution is 2.25. The Labute approximate surface area is 129 Å². The van der Waals surface area contributed by atoms with Crippen molar-refractivity contribution < 1.29 is 0 Å². The van der Waals surface area contributed by atoms with Crippen molar-refractivity contribution in [2.24, 2.45) is 0 Å². The first-order valence-electron chi connectivity index (χ1n) is 7.59. The van der Waals surface area contributed by atoms with Crippen molar-refractivity contribution in [2.75, 3.05) is 25.0 Å². The molecular formula is C15H21N5S. The lowest BCUT2D eigenvalue weighted by atomic mass is 10.0. The smallest absolute Gasteiger partial charge is 0.206 e. The van der Waals surface area contributed by atoms with Crippen molar-refractivity contribution in [1.29, 1.82) is 0 Å². The summed E-state index contributed by atoms with van der Waals surface area (Å²) in [6.45, 7) is 5.53. The fourth-order valence-corrected chi connectivity index (χ4v) is 3.53. The molecule has 0 aromatic carbocycles. The Balaban J connectivity index is 1.60. The van der Waals surface area contributed by atoms with E-state index in [1.54, 1.807) is 17.5 Å². The van der Waals surface area contributed by atoms with Gasteiger partial charge in [0.25, 0.3) is 0 Å². The van der Waals surface area contributed by atoms with Crippen LogP contribution in [-0.2, 0) is 0 Å².